The number of nitrogens with zero attached hydrogens (tertiary/aromatic N) is 3. The highest BCUT2D eigenvalue weighted by Crippen LogP contribution is 2.29. The molecule has 0 spiro atoms. The number of hydrogen-bond acceptors (Lipinski definition) is 5. The van der Waals surface area contributed by atoms with E-state index in [4.69, 9.17) is 11.6 Å². The summed E-state index contributed by atoms with van der Waals surface area (Å²) in [5, 5.41) is 2.20. The highest BCUT2D eigenvalue weighted by atomic mass is 19.1. The number of halogens is 1. The van der Waals surface area contributed by atoms with Gasteiger partial charge in [-0.25, -0.2) is 9.18 Å². The fourth-order valence-corrected chi connectivity index (χ4v) is 4.55. The summed E-state index contributed by atoms with van der Waals surface area (Å²) in [4.78, 5) is 27.5. The van der Waals surface area contributed by atoms with E-state index in [1.54, 1.807) is 6.07 Å². The topological polar surface area (TPSA) is 99.3 Å². The number of hydrogen-bond donors (Lipinski definition) is 2. The van der Waals surface area contributed by atoms with E-state index in [9.17, 15) is 14.0 Å². The molecule has 4 aromatic rings. The molecule has 2 heterocycles. The van der Waals surface area contributed by atoms with Crippen LogP contribution in [0, 0.1) is 11.7 Å². The summed E-state index contributed by atoms with van der Waals surface area (Å²) in [6, 6.07) is 16.6. The monoisotopic (exact) mass is 433 g/mol. The lowest BCUT2D eigenvalue weighted by atomic mass is 10.1. The Morgan fingerprint density at radius 2 is 1.81 bits per heavy atom. The molecule has 7 nitrogen and oxygen atoms in total. The minimum atomic E-state index is -0.716. The molecule has 1 saturated heterocycles. The van der Waals surface area contributed by atoms with Crippen molar-refractivity contribution in [2.75, 3.05) is 30.4 Å². The van der Waals surface area contributed by atoms with Gasteiger partial charge in [0.1, 0.15) is 5.82 Å². The first-order valence-corrected chi connectivity index (χ1v) is 10.6. The Hall–Kier alpha value is -3.65. The Bertz CT molecular complexity index is 1460. The van der Waals surface area contributed by atoms with Crippen molar-refractivity contribution in [3.8, 4) is 0 Å². The second kappa shape index (κ2) is 7.80. The second-order valence-electron chi connectivity index (χ2n) is 8.38. The molecule has 164 valence electrons. The third kappa shape index (κ3) is 3.33. The van der Waals surface area contributed by atoms with Crippen LogP contribution in [0.2, 0.25) is 0 Å². The molecule has 8 heteroatoms. The van der Waals surface area contributed by atoms with Gasteiger partial charge in [-0.2, -0.15) is 4.68 Å². The second-order valence-corrected chi connectivity index (χ2v) is 8.38. The molecule has 32 heavy (non-hydrogen) atoms. The van der Waals surface area contributed by atoms with E-state index < -0.39 is 17.1 Å². The standard InChI is InChI=1S/C24H24FN5O2/c25-20-10-19-21(11-22(20)28-8-7-16(12-26)13-28)29(24(32)30(27)23(19)31)14-15-5-6-17-3-1-2-4-18(17)9-15/h1-6,9-11,16H,7-8,12-14,26-27H2/t16-/m0/s1. The fraction of sp³-hybridized carbons (Fsp3) is 0.250. The van der Waals surface area contributed by atoms with Crippen LogP contribution in [0.15, 0.2) is 64.2 Å². The maximum Gasteiger partial charge on any atom is 0.350 e. The lowest BCUT2D eigenvalue weighted by molar-refractivity contribution is 0.597. The van der Waals surface area contributed by atoms with Gasteiger partial charge in [0.05, 0.1) is 23.1 Å². The lowest BCUT2D eigenvalue weighted by Gasteiger charge is -2.21. The minimum Gasteiger partial charge on any atom is -0.369 e. The Balaban J connectivity index is 1.67. The molecule has 5 rings (SSSR count). The fourth-order valence-electron chi connectivity index (χ4n) is 4.55. The zero-order chi connectivity index (χ0) is 22.4. The smallest absolute Gasteiger partial charge is 0.350 e. The van der Waals surface area contributed by atoms with Gasteiger partial charge < -0.3 is 16.5 Å². The van der Waals surface area contributed by atoms with Crippen LogP contribution < -0.4 is 27.7 Å². The van der Waals surface area contributed by atoms with Crippen molar-refractivity contribution in [3.05, 3.63) is 86.8 Å². The molecule has 0 amide bonds. The first-order valence-electron chi connectivity index (χ1n) is 10.6. The maximum atomic E-state index is 15.0. The van der Waals surface area contributed by atoms with Crippen molar-refractivity contribution in [3.63, 3.8) is 0 Å². The summed E-state index contributed by atoms with van der Waals surface area (Å²) in [5.41, 5.74) is 6.03. The van der Waals surface area contributed by atoms with Crippen molar-refractivity contribution < 1.29 is 4.39 Å². The van der Waals surface area contributed by atoms with Crippen molar-refractivity contribution in [1.29, 1.82) is 0 Å². The van der Waals surface area contributed by atoms with E-state index in [1.165, 1.54) is 10.6 Å². The third-order valence-corrected chi connectivity index (χ3v) is 6.36. The van der Waals surface area contributed by atoms with Gasteiger partial charge in [-0.3, -0.25) is 9.36 Å². The zero-order valence-corrected chi connectivity index (χ0v) is 17.5. The van der Waals surface area contributed by atoms with Crippen molar-refractivity contribution in [2.24, 2.45) is 11.7 Å². The zero-order valence-electron chi connectivity index (χ0n) is 17.5. The summed E-state index contributed by atoms with van der Waals surface area (Å²) in [6.45, 7) is 2.05. The number of rotatable bonds is 4. The predicted molar refractivity (Wildman–Crippen MR) is 125 cm³/mol. The average molecular weight is 433 g/mol. The minimum absolute atomic E-state index is 0.0729. The van der Waals surface area contributed by atoms with E-state index >= 15 is 0 Å². The Morgan fingerprint density at radius 3 is 2.56 bits per heavy atom. The van der Waals surface area contributed by atoms with Gasteiger partial charge in [0.2, 0.25) is 0 Å². The van der Waals surface area contributed by atoms with E-state index in [-0.39, 0.29) is 11.9 Å². The predicted octanol–water partition coefficient (Wildman–Crippen LogP) is 2.00. The molecule has 0 aliphatic carbocycles. The number of anilines is 1. The molecule has 0 radical (unpaired) electrons. The molecular weight excluding hydrogens is 409 g/mol. The normalized spacial score (nSPS) is 16.3. The number of nitrogens with two attached hydrogens (primary N) is 2. The van der Waals surface area contributed by atoms with Crippen LogP contribution in [0.1, 0.15) is 12.0 Å². The third-order valence-electron chi connectivity index (χ3n) is 6.36. The van der Waals surface area contributed by atoms with Gasteiger partial charge >= 0.3 is 5.69 Å². The molecule has 0 unspecified atom stereocenters. The SMILES string of the molecule is NC[C@@H]1CCN(c2cc3c(cc2F)c(=O)n(N)c(=O)n3Cc2ccc3ccccc3c2)C1. The molecule has 0 saturated carbocycles. The Labute approximate surface area is 183 Å². The van der Waals surface area contributed by atoms with Crippen LogP contribution in [0.4, 0.5) is 10.1 Å². The molecule has 0 bridgehead atoms. The molecule has 1 atom stereocenters. The maximum absolute atomic E-state index is 15.0. The Morgan fingerprint density at radius 1 is 1.03 bits per heavy atom. The van der Waals surface area contributed by atoms with Crippen LogP contribution in [0.25, 0.3) is 21.7 Å². The van der Waals surface area contributed by atoms with Gasteiger partial charge in [0, 0.05) is 13.1 Å². The number of fused-ring (bicyclic) bond motifs is 2. The number of aromatic nitrogens is 2. The van der Waals surface area contributed by atoms with Gasteiger partial charge in [-0.15, -0.1) is 0 Å². The summed E-state index contributed by atoms with van der Waals surface area (Å²) in [6.07, 6.45) is 0.877. The molecule has 1 aliphatic rings. The summed E-state index contributed by atoms with van der Waals surface area (Å²) in [5.74, 6) is 5.55. The summed E-state index contributed by atoms with van der Waals surface area (Å²) >= 11 is 0. The largest absolute Gasteiger partial charge is 0.369 e. The quantitative estimate of drug-likeness (QED) is 0.480. The molecule has 4 N–H and O–H groups in total. The van der Waals surface area contributed by atoms with Gasteiger partial charge in [0.25, 0.3) is 5.56 Å². The van der Waals surface area contributed by atoms with E-state index in [2.05, 4.69) is 0 Å². The number of nitrogen functional groups attached to an aromatic ring is 1. The van der Waals surface area contributed by atoms with Gasteiger partial charge in [-0.05, 0) is 53.4 Å². The van der Waals surface area contributed by atoms with E-state index in [1.807, 2.05) is 47.4 Å². The molecule has 1 aliphatic heterocycles. The molecule has 1 aromatic heterocycles. The summed E-state index contributed by atoms with van der Waals surface area (Å²) in [7, 11) is 0. The van der Waals surface area contributed by atoms with E-state index in [0.29, 0.717) is 41.4 Å². The van der Waals surface area contributed by atoms with Gasteiger partial charge in [0.15, 0.2) is 0 Å². The number of benzene rings is 3. The first-order chi connectivity index (χ1) is 15.5. The van der Waals surface area contributed by atoms with E-state index in [0.717, 1.165) is 22.8 Å². The van der Waals surface area contributed by atoms with Gasteiger partial charge in [-0.1, -0.05) is 36.4 Å². The van der Waals surface area contributed by atoms with Crippen molar-refractivity contribution in [1.82, 2.24) is 9.24 Å². The highest BCUT2D eigenvalue weighted by molar-refractivity contribution is 5.84. The summed E-state index contributed by atoms with van der Waals surface area (Å²) < 4.78 is 17.0. The van der Waals surface area contributed by atoms with Crippen molar-refractivity contribution >= 4 is 27.4 Å². The lowest BCUT2D eigenvalue weighted by Crippen LogP contribution is -2.44. The molecular formula is C24H24FN5O2. The highest BCUT2D eigenvalue weighted by Gasteiger charge is 2.25. The van der Waals surface area contributed by atoms with Crippen LogP contribution in [-0.2, 0) is 6.54 Å². The van der Waals surface area contributed by atoms with Crippen LogP contribution in [0.3, 0.4) is 0 Å². The Kier molecular flexibility index (Phi) is 4.94. The average Bonchev–Trinajstić information content (AvgIpc) is 3.29. The van der Waals surface area contributed by atoms with Crippen LogP contribution >= 0.6 is 0 Å². The first kappa shape index (κ1) is 20.3. The molecule has 1 fully saturated rings. The molecule has 3 aromatic carbocycles. The van der Waals surface area contributed by atoms with Crippen LogP contribution in [0.5, 0.6) is 0 Å². The van der Waals surface area contributed by atoms with Crippen molar-refractivity contribution in [2.45, 2.75) is 13.0 Å². The van der Waals surface area contributed by atoms with Crippen LogP contribution in [-0.4, -0.2) is 28.9 Å².